The number of esters is 1. The summed E-state index contributed by atoms with van der Waals surface area (Å²) in [7, 11) is 0. The number of hydrogen-bond donors (Lipinski definition) is 0. The van der Waals surface area contributed by atoms with E-state index < -0.39 is 0 Å². The van der Waals surface area contributed by atoms with E-state index in [0.29, 0.717) is 4.88 Å². The van der Waals surface area contributed by atoms with Crippen molar-refractivity contribution in [3.05, 3.63) is 19.9 Å². The van der Waals surface area contributed by atoms with Crippen molar-refractivity contribution >= 4 is 39.9 Å². The topological polar surface area (TPSA) is 26.3 Å². The number of ether oxygens (including phenoxy) is 1. The molecular weight excluding hydrogens is 287 g/mol. The van der Waals surface area contributed by atoms with E-state index in [9.17, 15) is 4.79 Å². The third-order valence-electron chi connectivity index (χ3n) is 1.15. The molecule has 0 N–H and O–H groups in total. The minimum atomic E-state index is -0.218. The van der Waals surface area contributed by atoms with Gasteiger partial charge >= 0.3 is 5.97 Å². The summed E-state index contributed by atoms with van der Waals surface area (Å²) in [5.74, 6) is -0.218. The van der Waals surface area contributed by atoms with Crippen LogP contribution in [0.4, 0.5) is 0 Å². The van der Waals surface area contributed by atoms with Gasteiger partial charge in [0.05, 0.1) is 6.10 Å². The number of hydrogen-bond acceptors (Lipinski definition) is 3. The number of thiophene rings is 1. The average molecular weight is 296 g/mol. The molecule has 0 atom stereocenters. The Bertz CT molecular complexity index is 280. The van der Waals surface area contributed by atoms with E-state index in [2.05, 4.69) is 22.6 Å². The summed E-state index contributed by atoms with van der Waals surface area (Å²) in [6.45, 7) is 3.69. The number of carbonyl (C=O) groups is 1. The quantitative estimate of drug-likeness (QED) is 0.619. The molecule has 0 fully saturated rings. The molecule has 0 bridgehead atoms. The predicted octanol–water partition coefficient (Wildman–Crippen LogP) is 2.92. The summed E-state index contributed by atoms with van der Waals surface area (Å²) in [4.78, 5) is 12.0. The van der Waals surface area contributed by atoms with Crippen LogP contribution in [0.25, 0.3) is 0 Å². The van der Waals surface area contributed by atoms with Gasteiger partial charge in [0, 0.05) is 3.57 Å². The molecule has 0 saturated heterocycles. The van der Waals surface area contributed by atoms with E-state index in [-0.39, 0.29) is 12.1 Å². The van der Waals surface area contributed by atoms with Crippen LogP contribution in [0.5, 0.6) is 0 Å². The van der Waals surface area contributed by atoms with Crippen LogP contribution < -0.4 is 0 Å². The Hall–Kier alpha value is -0.100. The maximum absolute atomic E-state index is 11.3. The molecule has 0 spiro atoms. The lowest BCUT2D eigenvalue weighted by Gasteiger charge is -2.05. The van der Waals surface area contributed by atoms with Gasteiger partial charge < -0.3 is 4.74 Å². The first-order chi connectivity index (χ1) is 5.61. The summed E-state index contributed by atoms with van der Waals surface area (Å²) in [5, 5.41) is 1.89. The monoisotopic (exact) mass is 296 g/mol. The van der Waals surface area contributed by atoms with E-state index >= 15 is 0 Å². The molecule has 2 nitrogen and oxygen atoms in total. The van der Waals surface area contributed by atoms with Crippen LogP contribution in [-0.2, 0) is 4.74 Å². The molecule has 0 unspecified atom stereocenters. The molecule has 1 heterocycles. The van der Waals surface area contributed by atoms with Gasteiger partial charge in [-0.25, -0.2) is 4.79 Å². The highest BCUT2D eigenvalue weighted by atomic mass is 127. The maximum Gasteiger partial charge on any atom is 0.349 e. The Morgan fingerprint density at radius 3 is 2.75 bits per heavy atom. The van der Waals surface area contributed by atoms with Crippen molar-refractivity contribution in [1.29, 1.82) is 0 Å². The molecule has 0 amide bonds. The number of rotatable bonds is 2. The van der Waals surface area contributed by atoms with Crippen LogP contribution >= 0.6 is 33.9 Å². The average Bonchev–Trinajstić information content (AvgIpc) is 2.33. The molecule has 0 saturated carbocycles. The molecule has 0 aliphatic rings. The predicted molar refractivity (Wildman–Crippen MR) is 57.6 cm³/mol. The zero-order chi connectivity index (χ0) is 9.14. The first kappa shape index (κ1) is 9.98. The Labute approximate surface area is 89.1 Å². The zero-order valence-electron chi connectivity index (χ0n) is 6.83. The Morgan fingerprint density at radius 1 is 1.67 bits per heavy atom. The lowest BCUT2D eigenvalue weighted by molar-refractivity contribution is 0.0382. The van der Waals surface area contributed by atoms with Crippen LogP contribution in [0.2, 0.25) is 0 Å². The Balaban J connectivity index is 2.72. The normalized spacial score (nSPS) is 10.3. The van der Waals surface area contributed by atoms with Gasteiger partial charge in [0.2, 0.25) is 0 Å². The fraction of sp³-hybridized carbons (Fsp3) is 0.375. The van der Waals surface area contributed by atoms with Gasteiger partial charge in [0.15, 0.2) is 0 Å². The smallest absolute Gasteiger partial charge is 0.349 e. The van der Waals surface area contributed by atoms with Crippen LogP contribution in [0.3, 0.4) is 0 Å². The second-order valence-corrected chi connectivity index (χ2v) is 4.63. The SMILES string of the molecule is CC(C)OC(=O)c1sccc1I. The van der Waals surface area contributed by atoms with Crippen molar-refractivity contribution in [1.82, 2.24) is 0 Å². The third-order valence-corrected chi connectivity index (χ3v) is 3.30. The first-order valence-corrected chi connectivity index (χ1v) is 5.51. The van der Waals surface area contributed by atoms with Gasteiger partial charge in [-0.3, -0.25) is 0 Å². The maximum atomic E-state index is 11.3. The highest BCUT2D eigenvalue weighted by Crippen LogP contribution is 2.19. The van der Waals surface area contributed by atoms with Crippen molar-refractivity contribution in [2.24, 2.45) is 0 Å². The standard InChI is InChI=1S/C8H9IO2S/c1-5(2)11-8(10)7-6(9)3-4-12-7/h3-5H,1-2H3. The van der Waals surface area contributed by atoms with Crippen LogP contribution in [-0.4, -0.2) is 12.1 Å². The largest absolute Gasteiger partial charge is 0.459 e. The van der Waals surface area contributed by atoms with Crippen LogP contribution in [0, 0.1) is 3.57 Å². The highest BCUT2D eigenvalue weighted by molar-refractivity contribution is 14.1. The molecule has 0 radical (unpaired) electrons. The molecule has 1 rings (SSSR count). The third kappa shape index (κ3) is 2.45. The summed E-state index contributed by atoms with van der Waals surface area (Å²) in [5.41, 5.74) is 0. The minimum absolute atomic E-state index is 0.0459. The van der Waals surface area contributed by atoms with Crippen LogP contribution in [0.1, 0.15) is 23.5 Å². The summed E-state index contributed by atoms with van der Waals surface area (Å²) >= 11 is 3.54. The van der Waals surface area contributed by atoms with E-state index in [1.54, 1.807) is 0 Å². The first-order valence-electron chi connectivity index (χ1n) is 3.55. The molecule has 0 aliphatic heterocycles. The molecule has 0 aliphatic carbocycles. The molecular formula is C8H9IO2S. The lowest BCUT2D eigenvalue weighted by atomic mass is 10.4. The van der Waals surface area contributed by atoms with Crippen molar-refractivity contribution < 1.29 is 9.53 Å². The van der Waals surface area contributed by atoms with Crippen LogP contribution in [0.15, 0.2) is 11.4 Å². The van der Waals surface area contributed by atoms with Crippen molar-refractivity contribution in [3.63, 3.8) is 0 Å². The molecule has 1 aromatic rings. The van der Waals surface area contributed by atoms with E-state index in [1.807, 2.05) is 25.3 Å². The molecule has 12 heavy (non-hydrogen) atoms. The molecule has 1 aromatic heterocycles. The number of carbonyl (C=O) groups excluding carboxylic acids is 1. The van der Waals surface area contributed by atoms with E-state index in [1.165, 1.54) is 11.3 Å². The Kier molecular flexibility index (Phi) is 3.52. The summed E-state index contributed by atoms with van der Waals surface area (Å²) < 4.78 is 6.00. The molecule has 66 valence electrons. The van der Waals surface area contributed by atoms with Crippen molar-refractivity contribution in [3.8, 4) is 0 Å². The van der Waals surface area contributed by atoms with E-state index in [4.69, 9.17) is 4.74 Å². The second-order valence-electron chi connectivity index (χ2n) is 2.55. The molecule has 4 heteroatoms. The van der Waals surface area contributed by atoms with Crippen molar-refractivity contribution in [2.45, 2.75) is 20.0 Å². The summed E-state index contributed by atoms with van der Waals surface area (Å²) in [6.07, 6.45) is -0.0459. The van der Waals surface area contributed by atoms with Gasteiger partial charge in [0.25, 0.3) is 0 Å². The van der Waals surface area contributed by atoms with Gasteiger partial charge in [-0.2, -0.15) is 0 Å². The van der Waals surface area contributed by atoms with Crippen molar-refractivity contribution in [2.75, 3.05) is 0 Å². The Morgan fingerprint density at radius 2 is 2.33 bits per heavy atom. The zero-order valence-corrected chi connectivity index (χ0v) is 9.81. The fourth-order valence-electron chi connectivity index (χ4n) is 0.707. The molecule has 0 aromatic carbocycles. The highest BCUT2D eigenvalue weighted by Gasteiger charge is 2.13. The lowest BCUT2D eigenvalue weighted by Crippen LogP contribution is -2.10. The van der Waals surface area contributed by atoms with Gasteiger partial charge in [0.1, 0.15) is 4.88 Å². The van der Waals surface area contributed by atoms with Gasteiger partial charge in [-0.1, -0.05) is 0 Å². The van der Waals surface area contributed by atoms with Gasteiger partial charge in [-0.05, 0) is 47.9 Å². The van der Waals surface area contributed by atoms with E-state index in [0.717, 1.165) is 3.57 Å². The second kappa shape index (κ2) is 4.23. The minimum Gasteiger partial charge on any atom is -0.459 e. The fourth-order valence-corrected chi connectivity index (χ4v) is 2.40. The number of halogens is 1. The van der Waals surface area contributed by atoms with Gasteiger partial charge in [-0.15, -0.1) is 11.3 Å². The summed E-state index contributed by atoms with van der Waals surface area (Å²) in [6, 6.07) is 1.90.